The molecule has 0 aromatic heterocycles. The van der Waals surface area contributed by atoms with Crippen LogP contribution in [0.25, 0.3) is 0 Å². The summed E-state index contributed by atoms with van der Waals surface area (Å²) in [6.45, 7) is 9.86. The highest BCUT2D eigenvalue weighted by atomic mass is 32.2. The van der Waals surface area contributed by atoms with E-state index < -0.39 is 0 Å². The molecule has 0 spiro atoms. The summed E-state index contributed by atoms with van der Waals surface area (Å²) >= 11 is 9.25. The maximum Gasteiger partial charge on any atom is 0.315 e. The first-order valence-corrected chi connectivity index (χ1v) is 25.1. The third kappa shape index (κ3) is 20.0. The van der Waals surface area contributed by atoms with Crippen molar-refractivity contribution in [3.05, 3.63) is 0 Å². The quantitative estimate of drug-likeness (QED) is 0.0452. The van der Waals surface area contributed by atoms with Crippen LogP contribution in [0.2, 0.25) is 0 Å². The van der Waals surface area contributed by atoms with Crippen LogP contribution >= 0.6 is 47.9 Å². The fourth-order valence-electron chi connectivity index (χ4n) is 7.44. The topological polar surface area (TPSA) is 252 Å². The first kappa shape index (κ1) is 58.1. The van der Waals surface area contributed by atoms with Crippen LogP contribution in [-0.2, 0) is 19.2 Å². The normalized spacial score (nSPS) is 26.9. The molecule has 63 heavy (non-hydrogen) atoms. The Morgan fingerprint density at radius 3 is 1.33 bits per heavy atom. The lowest BCUT2D eigenvalue weighted by Gasteiger charge is -2.16. The second-order valence-corrected chi connectivity index (χ2v) is 19.9. The molecule has 0 aromatic rings. The van der Waals surface area contributed by atoms with Gasteiger partial charge in [0.05, 0.1) is 36.3 Å². The molecule has 6 aliphatic heterocycles. The zero-order chi connectivity index (χ0) is 43.4. The van der Waals surface area contributed by atoms with Crippen molar-refractivity contribution in [3.8, 4) is 0 Å². The Balaban J connectivity index is 0.000000465. The van der Waals surface area contributed by atoms with E-state index in [1.54, 1.807) is 35.3 Å². The monoisotopic (exact) mass is 966 g/mol. The van der Waals surface area contributed by atoms with Gasteiger partial charge < -0.3 is 58.5 Å². The lowest BCUT2D eigenvalue weighted by atomic mass is 10.1. The summed E-state index contributed by atoms with van der Waals surface area (Å²) in [5.41, 5.74) is 0. The molecule has 22 heteroatoms. The molecular formula is C41H79N11O7S4. The van der Waals surface area contributed by atoms with Crippen LogP contribution in [-0.4, -0.2) is 155 Å². The van der Waals surface area contributed by atoms with E-state index in [0.717, 1.165) is 56.0 Å². The molecule has 0 aliphatic carbocycles. The zero-order valence-corrected chi connectivity index (χ0v) is 38.4. The van der Waals surface area contributed by atoms with E-state index in [9.17, 15) is 33.6 Å². The number of thioether (sulfide) groups is 3. The number of rotatable bonds is 21. The van der Waals surface area contributed by atoms with Crippen LogP contribution in [0.4, 0.5) is 14.4 Å². The molecule has 0 bridgehead atoms. The van der Waals surface area contributed by atoms with E-state index in [-0.39, 0.29) is 116 Å². The smallest absolute Gasteiger partial charge is 0.315 e. The van der Waals surface area contributed by atoms with Crippen molar-refractivity contribution >= 4 is 89.6 Å². The minimum atomic E-state index is -0.145. The van der Waals surface area contributed by atoms with Crippen molar-refractivity contribution in [2.75, 3.05) is 55.7 Å². The van der Waals surface area contributed by atoms with Crippen LogP contribution in [0.3, 0.4) is 0 Å². The largest absolute Gasteiger partial charge is 0.356 e. The molecule has 6 saturated heterocycles. The van der Waals surface area contributed by atoms with Gasteiger partial charge in [0.25, 0.3) is 0 Å². The summed E-state index contributed by atoms with van der Waals surface area (Å²) in [6.07, 6.45) is 6.55. The van der Waals surface area contributed by atoms with Crippen molar-refractivity contribution < 1.29 is 33.6 Å². The lowest BCUT2D eigenvalue weighted by Crippen LogP contribution is -2.40. The molecule has 10 atom stereocenters. The van der Waals surface area contributed by atoms with Crippen molar-refractivity contribution in [2.45, 2.75) is 159 Å². The molecule has 0 aromatic carbocycles. The molecule has 6 fully saturated rings. The summed E-state index contributed by atoms with van der Waals surface area (Å²) in [6, 6.07) is 0.939. The second-order valence-electron chi connectivity index (χ2n) is 15.7. The number of hydrogen-bond acceptors (Lipinski definition) is 12. The first-order chi connectivity index (χ1) is 28.9. The highest BCUT2D eigenvalue weighted by molar-refractivity contribution is 8.00. The highest BCUT2D eigenvalue weighted by Gasteiger charge is 2.45. The SMILES string of the molecule is C.C.C.CCC(C)NCCCNC(=O)CC1SC[C@H]2NC(=O)N[C@@H]12.CCCCNC(=O)CC1SC[C@H]2NC(=O)N[C@@H]12.O=C(CCCNC(=O)CC1SC[C@H]2NC(=O)N[C@@H]12)NCCS. The lowest BCUT2D eigenvalue weighted by molar-refractivity contribution is -0.122. The van der Waals surface area contributed by atoms with Gasteiger partial charge in [0.2, 0.25) is 23.6 Å². The summed E-state index contributed by atoms with van der Waals surface area (Å²) in [7, 11) is 0. The van der Waals surface area contributed by atoms with Crippen LogP contribution in [0.5, 0.6) is 0 Å². The molecular weight excluding hydrogens is 887 g/mol. The molecule has 18 nitrogen and oxygen atoms in total. The van der Waals surface area contributed by atoms with E-state index in [1.165, 1.54) is 0 Å². The van der Waals surface area contributed by atoms with Gasteiger partial charge in [-0.2, -0.15) is 47.9 Å². The van der Waals surface area contributed by atoms with Gasteiger partial charge in [-0.15, -0.1) is 0 Å². The fourth-order valence-corrected chi connectivity index (χ4v) is 12.0. The van der Waals surface area contributed by atoms with E-state index in [0.29, 0.717) is 63.5 Å². The van der Waals surface area contributed by atoms with Gasteiger partial charge in [0, 0.05) is 96.7 Å². The molecule has 10 amide bonds. The van der Waals surface area contributed by atoms with Crippen LogP contribution in [0.15, 0.2) is 0 Å². The number of carbonyl (C=O) groups is 7. The van der Waals surface area contributed by atoms with Crippen molar-refractivity contribution in [1.82, 2.24) is 58.5 Å². The first-order valence-electron chi connectivity index (χ1n) is 21.4. The zero-order valence-electron chi connectivity index (χ0n) is 35.0. The maximum atomic E-state index is 11.9. The maximum absolute atomic E-state index is 11.9. The Morgan fingerprint density at radius 2 is 0.952 bits per heavy atom. The Morgan fingerprint density at radius 1 is 0.571 bits per heavy atom. The molecule has 6 heterocycles. The van der Waals surface area contributed by atoms with Gasteiger partial charge in [-0.1, -0.05) is 42.5 Å². The molecule has 0 radical (unpaired) electrons. The van der Waals surface area contributed by atoms with Gasteiger partial charge >= 0.3 is 18.1 Å². The summed E-state index contributed by atoms with van der Waals surface area (Å²) < 4.78 is 0. The number of hydrogen-bond donors (Lipinski definition) is 12. The summed E-state index contributed by atoms with van der Waals surface area (Å²) in [4.78, 5) is 80.6. The van der Waals surface area contributed by atoms with Crippen LogP contribution in [0.1, 0.15) is 101 Å². The Hall–Kier alpha value is -2.95. The third-order valence-electron chi connectivity index (χ3n) is 10.9. The molecule has 11 N–H and O–H groups in total. The average molecular weight is 966 g/mol. The van der Waals surface area contributed by atoms with Crippen molar-refractivity contribution in [1.29, 1.82) is 0 Å². The number of fused-ring (bicyclic) bond motifs is 3. The Bertz CT molecular complexity index is 1460. The van der Waals surface area contributed by atoms with Crippen LogP contribution in [0, 0.1) is 0 Å². The summed E-state index contributed by atoms with van der Waals surface area (Å²) in [5.74, 6) is 3.38. The van der Waals surface area contributed by atoms with E-state index in [1.807, 2.05) is 0 Å². The van der Waals surface area contributed by atoms with Gasteiger partial charge in [0.15, 0.2) is 0 Å². The summed E-state index contributed by atoms with van der Waals surface area (Å²) in [5, 5.41) is 32.6. The predicted octanol–water partition coefficient (Wildman–Crippen LogP) is 2.29. The van der Waals surface area contributed by atoms with Gasteiger partial charge in [-0.05, 0) is 39.2 Å². The van der Waals surface area contributed by atoms with E-state index >= 15 is 0 Å². The number of carbonyl (C=O) groups excluding carboxylic acids is 7. The molecule has 4 unspecified atom stereocenters. The highest BCUT2D eigenvalue weighted by Crippen LogP contribution is 2.33. The third-order valence-corrected chi connectivity index (χ3v) is 15.5. The van der Waals surface area contributed by atoms with Gasteiger partial charge in [-0.25, -0.2) is 14.4 Å². The standard InChI is InChI=1S/C14H26N4O2S.C13H22N4O3S2.C11H19N3O2S.3CH4/c1-3-9(2)15-5-4-6-16-12(19)7-11-13-10(8-21-11)17-14(20)18-13;18-10(15-4-5-21)2-1-3-14-11(19)6-9-12-8(7-22-9)16-13(20)17-12;1-2-3-4-12-9(15)5-8-10-7(6-17-8)13-11(16)14-10;;;/h9-11,13,15H,3-8H2,1-2H3,(H,16,19)(H2,17,18,20);8-9,12,21H,1-7H2,(H,14,19)(H,15,18)(H2,16,17,20);7-8,10H,2-6H2,1H3,(H,12,15)(H2,13,14,16);3*1H4/t9?,10-,11?,13-;8-,9?,12-;7-,8?,10-;;;/m111.../s1. The van der Waals surface area contributed by atoms with Crippen LogP contribution < -0.4 is 58.5 Å². The van der Waals surface area contributed by atoms with Gasteiger partial charge in [0.1, 0.15) is 0 Å². The number of nitrogens with one attached hydrogen (secondary N) is 11. The second kappa shape index (κ2) is 31.1. The molecule has 0 saturated carbocycles. The van der Waals surface area contributed by atoms with Crippen molar-refractivity contribution in [3.63, 3.8) is 0 Å². The average Bonchev–Trinajstić information content (AvgIpc) is 4.07. The number of unbranched alkanes of at least 4 members (excludes halogenated alkanes) is 1. The molecule has 6 rings (SSSR count). The minimum absolute atomic E-state index is 0. The minimum Gasteiger partial charge on any atom is -0.356 e. The molecule has 6 aliphatic rings. The number of amides is 10. The van der Waals surface area contributed by atoms with E-state index in [2.05, 4.69) is 91.9 Å². The fraction of sp³-hybridized carbons (Fsp3) is 0.829. The predicted molar refractivity (Wildman–Crippen MR) is 263 cm³/mol. The Labute approximate surface area is 394 Å². The number of thiol groups is 1. The number of urea groups is 3. The Kier molecular flexibility index (Phi) is 28.6. The van der Waals surface area contributed by atoms with E-state index in [4.69, 9.17) is 0 Å². The van der Waals surface area contributed by atoms with Crippen molar-refractivity contribution in [2.24, 2.45) is 0 Å². The van der Waals surface area contributed by atoms with Gasteiger partial charge in [-0.3, -0.25) is 19.2 Å². The molecule has 364 valence electrons.